The van der Waals surface area contributed by atoms with Gasteiger partial charge in [-0.05, 0) is 48.7 Å². The van der Waals surface area contributed by atoms with E-state index in [-0.39, 0.29) is 29.6 Å². The average Bonchev–Trinajstić information content (AvgIpc) is 3.45. The number of anilines is 2. The van der Waals surface area contributed by atoms with Crippen molar-refractivity contribution < 1.29 is 14.4 Å². The van der Waals surface area contributed by atoms with Crippen molar-refractivity contribution in [1.29, 1.82) is 0 Å². The summed E-state index contributed by atoms with van der Waals surface area (Å²) < 4.78 is 0. The number of carbonyl (C=O) groups excluding carboxylic acids is 3. The fourth-order valence-electron chi connectivity index (χ4n) is 5.43. The van der Waals surface area contributed by atoms with Crippen LogP contribution in [0.25, 0.3) is 10.9 Å². The van der Waals surface area contributed by atoms with Gasteiger partial charge in [0, 0.05) is 23.1 Å². The summed E-state index contributed by atoms with van der Waals surface area (Å²) in [6, 6.07) is 15.8. The van der Waals surface area contributed by atoms with Crippen LogP contribution in [-0.4, -0.2) is 28.2 Å². The zero-order valence-corrected chi connectivity index (χ0v) is 17.1. The van der Waals surface area contributed by atoms with Gasteiger partial charge in [0.2, 0.25) is 5.91 Å². The van der Waals surface area contributed by atoms with E-state index in [2.05, 4.69) is 10.3 Å². The van der Waals surface area contributed by atoms with E-state index in [1.807, 2.05) is 36.4 Å². The Balaban J connectivity index is 1.26. The molecule has 2 heterocycles. The number of para-hydroxylation sites is 1. The van der Waals surface area contributed by atoms with Gasteiger partial charge in [-0.2, -0.15) is 0 Å². The number of nitrogens with one attached hydrogen (secondary N) is 1. The summed E-state index contributed by atoms with van der Waals surface area (Å²) in [5, 5.41) is 3.82. The van der Waals surface area contributed by atoms with Gasteiger partial charge >= 0.3 is 0 Å². The molecule has 3 N–H and O–H groups in total. The monoisotopic (exact) mass is 424 g/mol. The van der Waals surface area contributed by atoms with Crippen LogP contribution >= 0.6 is 0 Å². The Hall–Kier alpha value is -3.84. The lowest BCUT2D eigenvalue weighted by Crippen LogP contribution is -2.54. The lowest BCUT2D eigenvalue weighted by Gasteiger charge is -2.28. The molecule has 3 amide bonds. The van der Waals surface area contributed by atoms with E-state index < -0.39 is 11.5 Å². The second-order valence-corrected chi connectivity index (χ2v) is 8.66. The smallest absolute Gasteiger partial charge is 0.255 e. The molecule has 0 spiro atoms. The Labute approximate surface area is 183 Å². The number of nitrogens with two attached hydrogens (primary N) is 1. The maximum absolute atomic E-state index is 13.2. The molecule has 32 heavy (non-hydrogen) atoms. The summed E-state index contributed by atoms with van der Waals surface area (Å²) >= 11 is 0. The third-order valence-electron chi connectivity index (χ3n) is 7.00. The van der Waals surface area contributed by atoms with E-state index in [1.54, 1.807) is 36.5 Å². The molecule has 158 valence electrons. The van der Waals surface area contributed by atoms with Crippen molar-refractivity contribution in [3.05, 3.63) is 78.5 Å². The highest BCUT2D eigenvalue weighted by molar-refractivity contribution is 6.26. The molecule has 1 saturated heterocycles. The number of allylic oxidation sites excluding steroid dienone is 1. The van der Waals surface area contributed by atoms with Gasteiger partial charge in [0.25, 0.3) is 11.8 Å². The summed E-state index contributed by atoms with van der Waals surface area (Å²) in [4.78, 5) is 44.6. The van der Waals surface area contributed by atoms with Crippen LogP contribution in [0.4, 0.5) is 11.4 Å². The van der Waals surface area contributed by atoms with Gasteiger partial charge in [-0.1, -0.05) is 30.4 Å². The van der Waals surface area contributed by atoms with Gasteiger partial charge in [0.15, 0.2) is 0 Å². The number of carbonyl (C=O) groups is 3. The molecule has 2 aliphatic carbocycles. The SMILES string of the molecule is N[C@@]12C(=O)N(c3ccc(C(=O)Nc4cccc5cccnc45)cc3)C(=O)[C@@H]1[C@@H]1C=C[C@H]2C1. The van der Waals surface area contributed by atoms with Crippen LogP contribution in [-0.2, 0) is 9.59 Å². The summed E-state index contributed by atoms with van der Waals surface area (Å²) in [5.41, 5.74) is 7.49. The first kappa shape index (κ1) is 18.9. The van der Waals surface area contributed by atoms with Crippen LogP contribution in [0.3, 0.4) is 0 Å². The van der Waals surface area contributed by atoms with Crippen molar-refractivity contribution >= 4 is 40.0 Å². The van der Waals surface area contributed by atoms with Gasteiger partial charge in [0.1, 0.15) is 5.54 Å². The summed E-state index contributed by atoms with van der Waals surface area (Å²) in [5.74, 6) is -1.50. The molecule has 4 atom stereocenters. The molecule has 6 rings (SSSR count). The number of rotatable bonds is 3. The first-order valence-corrected chi connectivity index (χ1v) is 10.6. The zero-order chi connectivity index (χ0) is 22.0. The first-order chi connectivity index (χ1) is 15.5. The molecule has 7 nitrogen and oxygen atoms in total. The van der Waals surface area contributed by atoms with E-state index in [0.29, 0.717) is 22.5 Å². The predicted octanol–water partition coefficient (Wildman–Crippen LogP) is 2.88. The minimum Gasteiger partial charge on any atom is -0.320 e. The highest BCUT2D eigenvalue weighted by Crippen LogP contribution is 2.54. The van der Waals surface area contributed by atoms with E-state index in [1.165, 1.54) is 4.90 Å². The minimum atomic E-state index is -1.16. The molecule has 1 aromatic heterocycles. The van der Waals surface area contributed by atoms with E-state index >= 15 is 0 Å². The van der Waals surface area contributed by atoms with Crippen LogP contribution in [0, 0.1) is 17.8 Å². The Kier molecular flexibility index (Phi) is 3.88. The second-order valence-electron chi connectivity index (χ2n) is 8.66. The van der Waals surface area contributed by atoms with E-state index in [4.69, 9.17) is 5.73 Å². The standard InChI is InChI=1S/C25H20N4O3/c26-25-17-9-6-16(13-17)20(25)23(31)29(24(25)32)18-10-7-15(8-11-18)22(30)28-19-5-1-3-14-4-2-12-27-21(14)19/h1-12,16-17,20H,13,26H2,(H,28,30)/t16-,17+,20+,25-/m1/s1. The van der Waals surface area contributed by atoms with E-state index in [9.17, 15) is 14.4 Å². The molecule has 0 radical (unpaired) electrons. The number of imide groups is 1. The molecular formula is C25H20N4O3. The maximum atomic E-state index is 13.2. The molecular weight excluding hydrogens is 404 g/mol. The number of pyridine rings is 1. The van der Waals surface area contributed by atoms with Crippen LogP contribution in [0.5, 0.6) is 0 Å². The van der Waals surface area contributed by atoms with Gasteiger partial charge in [-0.15, -0.1) is 0 Å². The summed E-state index contributed by atoms with van der Waals surface area (Å²) in [7, 11) is 0. The van der Waals surface area contributed by atoms with Crippen molar-refractivity contribution in [3.8, 4) is 0 Å². The zero-order valence-electron chi connectivity index (χ0n) is 17.1. The first-order valence-electron chi connectivity index (χ1n) is 10.6. The number of fused-ring (bicyclic) bond motifs is 6. The lowest BCUT2D eigenvalue weighted by molar-refractivity contribution is -0.123. The van der Waals surface area contributed by atoms with Gasteiger partial charge < -0.3 is 11.1 Å². The van der Waals surface area contributed by atoms with Crippen molar-refractivity contribution in [1.82, 2.24) is 4.98 Å². The lowest BCUT2D eigenvalue weighted by atomic mass is 9.78. The van der Waals surface area contributed by atoms with Crippen LogP contribution in [0.1, 0.15) is 16.8 Å². The minimum absolute atomic E-state index is 0.0193. The van der Waals surface area contributed by atoms with Crippen LogP contribution in [0.2, 0.25) is 0 Å². The molecule has 2 bridgehead atoms. The topological polar surface area (TPSA) is 105 Å². The molecule has 0 unspecified atom stereocenters. The number of hydrogen-bond donors (Lipinski definition) is 2. The predicted molar refractivity (Wildman–Crippen MR) is 120 cm³/mol. The Morgan fingerprint density at radius 3 is 2.62 bits per heavy atom. The number of aromatic nitrogens is 1. The van der Waals surface area contributed by atoms with Crippen molar-refractivity contribution in [2.24, 2.45) is 23.5 Å². The van der Waals surface area contributed by atoms with Crippen molar-refractivity contribution in [2.45, 2.75) is 12.0 Å². The van der Waals surface area contributed by atoms with Crippen LogP contribution < -0.4 is 16.0 Å². The Morgan fingerprint density at radius 1 is 1.06 bits per heavy atom. The number of benzene rings is 2. The van der Waals surface area contributed by atoms with Gasteiger partial charge in [-0.25, -0.2) is 4.90 Å². The largest absolute Gasteiger partial charge is 0.320 e. The fraction of sp³-hybridized carbons (Fsp3) is 0.200. The number of hydrogen-bond acceptors (Lipinski definition) is 5. The highest BCUT2D eigenvalue weighted by Gasteiger charge is 2.68. The van der Waals surface area contributed by atoms with Crippen molar-refractivity contribution in [3.63, 3.8) is 0 Å². The molecule has 1 aliphatic heterocycles. The Morgan fingerprint density at radius 2 is 1.84 bits per heavy atom. The Bertz CT molecular complexity index is 1330. The maximum Gasteiger partial charge on any atom is 0.255 e. The summed E-state index contributed by atoms with van der Waals surface area (Å²) in [6.07, 6.45) is 6.41. The van der Waals surface area contributed by atoms with Gasteiger partial charge in [0.05, 0.1) is 22.8 Å². The van der Waals surface area contributed by atoms with Gasteiger partial charge in [-0.3, -0.25) is 19.4 Å². The molecule has 1 saturated carbocycles. The van der Waals surface area contributed by atoms with Crippen LogP contribution in [0.15, 0.2) is 72.9 Å². The molecule has 2 aromatic carbocycles. The molecule has 7 heteroatoms. The second kappa shape index (κ2) is 6.58. The quantitative estimate of drug-likeness (QED) is 0.497. The third kappa shape index (κ3) is 2.45. The number of amides is 3. The fourth-order valence-corrected chi connectivity index (χ4v) is 5.43. The van der Waals surface area contributed by atoms with E-state index in [0.717, 1.165) is 11.8 Å². The highest BCUT2D eigenvalue weighted by atomic mass is 16.2. The average molecular weight is 424 g/mol. The summed E-state index contributed by atoms with van der Waals surface area (Å²) in [6.45, 7) is 0. The normalized spacial score (nSPS) is 27.9. The number of nitrogens with zero attached hydrogens (tertiary/aromatic N) is 2. The molecule has 3 aromatic rings. The third-order valence-corrected chi connectivity index (χ3v) is 7.00. The molecule has 3 aliphatic rings. The molecule has 2 fully saturated rings. The van der Waals surface area contributed by atoms with Crippen molar-refractivity contribution in [2.75, 3.05) is 10.2 Å².